The Labute approximate surface area is 296 Å². The van der Waals surface area contributed by atoms with Crippen molar-refractivity contribution >= 4 is 31.4 Å². The zero-order valence-corrected chi connectivity index (χ0v) is 32.3. The van der Waals surface area contributed by atoms with Crippen LogP contribution in [0, 0.1) is 5.92 Å². The van der Waals surface area contributed by atoms with E-state index < -0.39 is 71.1 Å². The first-order valence-electron chi connectivity index (χ1n) is 17.4. The van der Waals surface area contributed by atoms with Crippen molar-refractivity contribution in [2.24, 2.45) is 5.92 Å². The van der Waals surface area contributed by atoms with Crippen LogP contribution in [-0.4, -0.2) is 77.9 Å². The first-order chi connectivity index (χ1) is 23.0. The van der Waals surface area contributed by atoms with Gasteiger partial charge in [0.25, 0.3) is 5.78 Å². The number of allylic oxidation sites excluding steroid dienone is 6. The van der Waals surface area contributed by atoms with Gasteiger partial charge in [-0.25, -0.2) is 4.79 Å². The fourth-order valence-electron chi connectivity index (χ4n) is 7.52. The van der Waals surface area contributed by atoms with E-state index in [-0.39, 0.29) is 48.5 Å². The highest BCUT2D eigenvalue weighted by Crippen LogP contribution is 2.66. The number of aliphatic hydroxyl groups is 1. The van der Waals surface area contributed by atoms with Crippen LogP contribution in [0.1, 0.15) is 74.7 Å². The lowest BCUT2D eigenvalue weighted by Crippen LogP contribution is -2.74. The molecular formula is C39H52O10Si. The number of hydrogen-bond acceptors (Lipinski definition) is 10. The van der Waals surface area contributed by atoms with E-state index in [2.05, 4.69) is 19.6 Å². The van der Waals surface area contributed by atoms with E-state index in [9.17, 15) is 24.3 Å². The summed E-state index contributed by atoms with van der Waals surface area (Å²) in [6, 6.07) is 0.888. The maximum atomic E-state index is 14.7. The van der Waals surface area contributed by atoms with E-state index >= 15 is 0 Å². The van der Waals surface area contributed by atoms with Crippen molar-refractivity contribution in [3.63, 3.8) is 0 Å². The van der Waals surface area contributed by atoms with Crippen molar-refractivity contribution in [1.82, 2.24) is 0 Å². The lowest BCUT2D eigenvalue weighted by molar-refractivity contribution is -0.211. The Morgan fingerprint density at radius 2 is 1.68 bits per heavy atom. The first-order valence-corrected chi connectivity index (χ1v) is 21.1. The number of ketones is 3. The topological polar surface area (TPSA) is 135 Å². The van der Waals surface area contributed by atoms with Crippen LogP contribution < -0.4 is 0 Å². The van der Waals surface area contributed by atoms with E-state index in [0.717, 1.165) is 17.2 Å². The highest BCUT2D eigenvalue weighted by molar-refractivity contribution is 6.76. The molecule has 1 N–H and O–H groups in total. The lowest BCUT2D eigenvalue weighted by Gasteiger charge is -2.55. The summed E-state index contributed by atoms with van der Waals surface area (Å²) in [7, 11) is -1.40. The minimum Gasteiger partial charge on any atom is -0.479 e. The largest absolute Gasteiger partial charge is 0.479 e. The van der Waals surface area contributed by atoms with Gasteiger partial charge in [0, 0.05) is 27.0 Å². The molecule has 6 rings (SSSR count). The molecule has 6 aliphatic rings. The van der Waals surface area contributed by atoms with Gasteiger partial charge in [-0.05, 0) is 92.5 Å². The average Bonchev–Trinajstić information content (AvgIpc) is 3.13. The fraction of sp³-hybridized carbons (Fsp3) is 0.590. The Morgan fingerprint density at radius 3 is 2.30 bits per heavy atom. The normalized spacial score (nSPS) is 30.6. The molecule has 1 saturated heterocycles. The molecule has 272 valence electrons. The maximum Gasteiger partial charge on any atom is 0.342 e. The molecule has 50 heavy (non-hydrogen) atoms. The van der Waals surface area contributed by atoms with Crippen molar-refractivity contribution < 1.29 is 48.0 Å². The molecule has 0 unspecified atom stereocenters. The number of ether oxygens (including phenoxy) is 5. The van der Waals surface area contributed by atoms with Gasteiger partial charge in [-0.2, -0.15) is 0 Å². The van der Waals surface area contributed by atoms with Gasteiger partial charge >= 0.3 is 5.97 Å². The fourth-order valence-corrected chi connectivity index (χ4v) is 8.28. The zero-order valence-electron chi connectivity index (χ0n) is 31.3. The van der Waals surface area contributed by atoms with E-state index in [1.54, 1.807) is 52.0 Å². The smallest absolute Gasteiger partial charge is 0.342 e. The molecule has 2 heterocycles. The quantitative estimate of drug-likeness (QED) is 0.0629. The number of hydrogen-bond donors (Lipinski definition) is 1. The van der Waals surface area contributed by atoms with Crippen molar-refractivity contribution in [3.8, 4) is 0 Å². The molecule has 2 fully saturated rings. The zero-order chi connectivity index (χ0) is 37.2. The van der Waals surface area contributed by atoms with Crippen LogP contribution in [0.4, 0.5) is 0 Å². The Morgan fingerprint density at radius 1 is 1.02 bits per heavy atom. The van der Waals surface area contributed by atoms with E-state index in [4.69, 9.17) is 23.7 Å². The Bertz CT molecular complexity index is 1700. The standard InChI is InChI=1S/C39H52O10Si/c1-23(2)12-13-25-29(40)26-15-16-35(5,6)48-32(26)30(41)31(25)47-33(42)27-20-37(46-22-45-18-19-50(9,10)11)21-28-36(7,8)49-38(34(37)43,39(27,28)44)17-14-24(3)4/h12,14-16,20,28,44H,13,17-19,21-22H2,1-11H3/t28-,37-,38-,39+/m0/s1. The third kappa shape index (κ3) is 6.40. The van der Waals surface area contributed by atoms with Gasteiger partial charge in [0.1, 0.15) is 18.0 Å². The van der Waals surface area contributed by atoms with Crippen LogP contribution >= 0.6 is 0 Å². The number of esters is 1. The van der Waals surface area contributed by atoms with Gasteiger partial charge in [-0.3, -0.25) is 14.4 Å². The number of Topliss-reactive ketones (excluding diaryl/α,β-unsaturated/α-hetero) is 3. The molecule has 10 nitrogen and oxygen atoms in total. The third-order valence-electron chi connectivity index (χ3n) is 10.2. The van der Waals surface area contributed by atoms with Gasteiger partial charge in [-0.1, -0.05) is 42.9 Å². The maximum absolute atomic E-state index is 14.7. The van der Waals surface area contributed by atoms with Gasteiger partial charge < -0.3 is 28.8 Å². The minimum atomic E-state index is -2.14. The van der Waals surface area contributed by atoms with Crippen molar-refractivity contribution in [3.05, 3.63) is 69.8 Å². The third-order valence-corrected chi connectivity index (χ3v) is 11.9. The molecule has 0 spiro atoms. The molecule has 11 heteroatoms. The first kappa shape index (κ1) is 38.0. The number of rotatable bonds is 12. The molecule has 0 aromatic carbocycles. The highest BCUT2D eigenvalue weighted by atomic mass is 28.3. The highest BCUT2D eigenvalue weighted by Gasteiger charge is 2.82. The van der Waals surface area contributed by atoms with Gasteiger partial charge in [0.15, 0.2) is 28.5 Å². The molecule has 4 aliphatic carbocycles. The Balaban J connectivity index is 1.60. The van der Waals surface area contributed by atoms with Gasteiger partial charge in [0.05, 0.1) is 22.3 Å². The molecule has 0 radical (unpaired) electrons. The van der Waals surface area contributed by atoms with Crippen LogP contribution in [0.5, 0.6) is 0 Å². The van der Waals surface area contributed by atoms with Crippen LogP contribution in [0.15, 0.2) is 69.8 Å². The van der Waals surface area contributed by atoms with Crippen LogP contribution in [0.25, 0.3) is 0 Å². The Hall–Kier alpha value is -3.22. The second kappa shape index (κ2) is 12.8. The summed E-state index contributed by atoms with van der Waals surface area (Å²) in [6.07, 6.45) is 8.17. The van der Waals surface area contributed by atoms with Crippen molar-refractivity contribution in [2.75, 3.05) is 13.4 Å². The second-order valence-electron chi connectivity index (χ2n) is 16.9. The monoisotopic (exact) mass is 708 g/mol. The molecule has 0 aromatic heterocycles. The van der Waals surface area contributed by atoms with Crippen molar-refractivity contribution in [1.29, 1.82) is 0 Å². The Kier molecular flexibility index (Phi) is 9.71. The second-order valence-corrected chi connectivity index (χ2v) is 22.5. The number of carbonyl (C=O) groups is 4. The van der Waals surface area contributed by atoms with Crippen LogP contribution in [-0.2, 0) is 42.9 Å². The van der Waals surface area contributed by atoms with Gasteiger partial charge in [0.2, 0.25) is 5.78 Å². The van der Waals surface area contributed by atoms with E-state index in [1.807, 2.05) is 27.7 Å². The summed E-state index contributed by atoms with van der Waals surface area (Å²) < 4.78 is 30.6. The molecule has 4 bridgehead atoms. The summed E-state index contributed by atoms with van der Waals surface area (Å²) in [6.45, 7) is 21.4. The molecule has 1 saturated carbocycles. The SMILES string of the molecule is CC(C)=CCC1=C(OC(=O)C2=C[C@]3(OCOCC[Si](C)(C)C)C[C@H]4C(C)(C)O[C@@](CC=C(C)C)(C3=O)[C@@]24O)C(=O)C2=C(C=CC(C)(C)O2)C1=O. The molecule has 0 amide bonds. The summed E-state index contributed by atoms with van der Waals surface area (Å²) in [5, 5.41) is 12.8. The van der Waals surface area contributed by atoms with Crippen LogP contribution in [0.3, 0.4) is 0 Å². The van der Waals surface area contributed by atoms with Gasteiger partial charge in [-0.15, -0.1) is 0 Å². The van der Waals surface area contributed by atoms with E-state index in [1.165, 1.54) is 6.08 Å². The average molecular weight is 709 g/mol. The summed E-state index contributed by atoms with van der Waals surface area (Å²) >= 11 is 0. The summed E-state index contributed by atoms with van der Waals surface area (Å²) in [4.78, 5) is 57.1. The van der Waals surface area contributed by atoms with Crippen LogP contribution in [0.2, 0.25) is 25.7 Å². The minimum absolute atomic E-state index is 0.0125. The summed E-state index contributed by atoms with van der Waals surface area (Å²) in [5.74, 6) is -4.32. The van der Waals surface area contributed by atoms with Crippen molar-refractivity contribution in [2.45, 2.75) is 128 Å². The van der Waals surface area contributed by atoms with E-state index in [0.29, 0.717) is 6.61 Å². The lowest BCUT2D eigenvalue weighted by atomic mass is 9.51. The number of carbonyl (C=O) groups excluding carboxylic acids is 4. The molecular weight excluding hydrogens is 657 g/mol. The predicted octanol–water partition coefficient (Wildman–Crippen LogP) is 6.14. The molecule has 4 atom stereocenters. The predicted molar refractivity (Wildman–Crippen MR) is 189 cm³/mol. The molecule has 2 aliphatic heterocycles. The molecule has 0 aromatic rings. The summed E-state index contributed by atoms with van der Waals surface area (Å²) in [5.41, 5.74) is -6.10.